The Balaban J connectivity index is 2.12. The number of carbonyl (C=O) groups excluding carboxylic acids is 1. The molecule has 104 valence electrons. The molecule has 7 heteroatoms. The number of ether oxygens (including phenoxy) is 1. The van der Waals surface area contributed by atoms with E-state index in [4.69, 9.17) is 4.74 Å². The topological polar surface area (TPSA) is 66.9 Å². The van der Waals surface area contributed by atoms with Gasteiger partial charge in [-0.2, -0.15) is 4.31 Å². The summed E-state index contributed by atoms with van der Waals surface area (Å²) >= 11 is 0. The fraction of sp³-hybridized carbons (Fsp3) is 0.909. The third-order valence-electron chi connectivity index (χ3n) is 3.64. The van der Waals surface area contributed by atoms with Gasteiger partial charge >= 0.3 is 0 Å². The predicted molar refractivity (Wildman–Crippen MR) is 66.5 cm³/mol. The summed E-state index contributed by atoms with van der Waals surface area (Å²) in [6, 6.07) is 0. The van der Waals surface area contributed by atoms with Crippen molar-refractivity contribution >= 4 is 15.9 Å². The summed E-state index contributed by atoms with van der Waals surface area (Å²) in [6.45, 7) is 2.32. The summed E-state index contributed by atoms with van der Waals surface area (Å²) in [4.78, 5) is 13.5. The minimum Gasteiger partial charge on any atom is -0.371 e. The minimum absolute atomic E-state index is 0.0262. The zero-order valence-electron chi connectivity index (χ0n) is 11.0. The number of nitrogens with zero attached hydrogens (tertiary/aromatic N) is 2. The fourth-order valence-electron chi connectivity index (χ4n) is 2.62. The van der Waals surface area contributed by atoms with Crippen LogP contribution in [-0.4, -0.2) is 68.7 Å². The van der Waals surface area contributed by atoms with Gasteiger partial charge in [0.25, 0.3) is 0 Å². The van der Waals surface area contributed by atoms with Gasteiger partial charge in [0.15, 0.2) is 0 Å². The maximum Gasteiger partial charge on any atom is 0.227 e. The molecule has 0 aromatic carbocycles. The van der Waals surface area contributed by atoms with Crippen molar-refractivity contribution in [3.05, 3.63) is 0 Å². The lowest BCUT2D eigenvalue weighted by Gasteiger charge is -2.31. The molecule has 0 saturated carbocycles. The molecule has 0 aliphatic carbocycles. The number of morpholine rings is 1. The van der Waals surface area contributed by atoms with Crippen LogP contribution in [0.1, 0.15) is 13.3 Å². The smallest absolute Gasteiger partial charge is 0.227 e. The zero-order valence-corrected chi connectivity index (χ0v) is 11.8. The summed E-state index contributed by atoms with van der Waals surface area (Å²) in [7, 11) is 0.239. The number of rotatable bonds is 3. The molecule has 0 aromatic heterocycles. The number of amides is 1. The first-order chi connectivity index (χ1) is 8.35. The highest BCUT2D eigenvalue weighted by molar-refractivity contribution is 7.89. The van der Waals surface area contributed by atoms with Gasteiger partial charge in [0.05, 0.1) is 23.9 Å². The Bertz CT molecular complexity index is 434. The van der Waals surface area contributed by atoms with E-state index in [0.717, 1.165) is 0 Å². The first-order valence-corrected chi connectivity index (χ1v) is 7.80. The second-order valence-electron chi connectivity index (χ2n) is 5.09. The minimum atomic E-state index is -3.19. The van der Waals surface area contributed by atoms with Crippen molar-refractivity contribution < 1.29 is 17.9 Å². The Hall–Kier alpha value is -0.660. The van der Waals surface area contributed by atoms with E-state index in [-0.39, 0.29) is 29.8 Å². The predicted octanol–water partition coefficient (Wildman–Crippen LogP) is -0.486. The van der Waals surface area contributed by atoms with Crippen molar-refractivity contribution in [2.24, 2.45) is 5.92 Å². The van der Waals surface area contributed by atoms with Crippen LogP contribution in [-0.2, 0) is 19.6 Å². The molecule has 1 amide bonds. The van der Waals surface area contributed by atoms with Gasteiger partial charge in [0, 0.05) is 27.2 Å². The van der Waals surface area contributed by atoms with Crippen LogP contribution in [0.2, 0.25) is 0 Å². The molecule has 3 atom stereocenters. The summed E-state index contributed by atoms with van der Waals surface area (Å²) < 4.78 is 30.9. The molecule has 0 aromatic rings. The van der Waals surface area contributed by atoms with Crippen molar-refractivity contribution in [2.45, 2.75) is 25.6 Å². The van der Waals surface area contributed by atoms with Crippen LogP contribution in [0.4, 0.5) is 0 Å². The molecule has 18 heavy (non-hydrogen) atoms. The van der Waals surface area contributed by atoms with Gasteiger partial charge in [-0.1, -0.05) is 0 Å². The van der Waals surface area contributed by atoms with Gasteiger partial charge in [-0.3, -0.25) is 4.79 Å². The van der Waals surface area contributed by atoms with E-state index >= 15 is 0 Å². The summed E-state index contributed by atoms with van der Waals surface area (Å²) in [5.74, 6) is -0.0843. The fourth-order valence-corrected chi connectivity index (χ4v) is 3.76. The number of hydrogen-bond donors (Lipinski definition) is 0. The Morgan fingerprint density at radius 2 is 2.06 bits per heavy atom. The average Bonchev–Trinajstić information content (AvgIpc) is 2.62. The first kappa shape index (κ1) is 13.8. The van der Waals surface area contributed by atoms with Crippen LogP contribution in [0.3, 0.4) is 0 Å². The molecule has 2 saturated heterocycles. The van der Waals surface area contributed by atoms with E-state index < -0.39 is 10.0 Å². The Kier molecular flexibility index (Phi) is 3.66. The van der Waals surface area contributed by atoms with E-state index in [1.807, 2.05) is 0 Å². The van der Waals surface area contributed by atoms with Crippen LogP contribution in [0, 0.1) is 5.92 Å². The van der Waals surface area contributed by atoms with Gasteiger partial charge in [-0.05, 0) is 13.3 Å². The zero-order chi connectivity index (χ0) is 13.5. The third-order valence-corrected chi connectivity index (χ3v) is 5.45. The second-order valence-corrected chi connectivity index (χ2v) is 7.35. The number of carbonyl (C=O) groups is 1. The van der Waals surface area contributed by atoms with Gasteiger partial charge in [0.1, 0.15) is 0 Å². The first-order valence-electron chi connectivity index (χ1n) is 6.19. The highest BCUT2D eigenvalue weighted by Gasteiger charge is 2.47. The van der Waals surface area contributed by atoms with Crippen molar-refractivity contribution in [1.29, 1.82) is 0 Å². The Morgan fingerprint density at radius 3 is 2.61 bits per heavy atom. The van der Waals surface area contributed by atoms with E-state index in [1.54, 1.807) is 25.9 Å². The highest BCUT2D eigenvalue weighted by Crippen LogP contribution is 2.33. The molecule has 2 aliphatic rings. The van der Waals surface area contributed by atoms with Crippen molar-refractivity contribution in [3.8, 4) is 0 Å². The summed E-state index contributed by atoms with van der Waals surface area (Å²) in [5.41, 5.74) is 0. The van der Waals surface area contributed by atoms with Crippen LogP contribution >= 0.6 is 0 Å². The lowest BCUT2D eigenvalue weighted by atomic mass is 9.99. The van der Waals surface area contributed by atoms with E-state index in [0.29, 0.717) is 19.5 Å². The largest absolute Gasteiger partial charge is 0.371 e. The lowest BCUT2D eigenvalue weighted by molar-refractivity contribution is -0.135. The third kappa shape index (κ3) is 2.39. The van der Waals surface area contributed by atoms with Gasteiger partial charge in [0.2, 0.25) is 15.9 Å². The number of sulfonamides is 1. The second kappa shape index (κ2) is 4.79. The van der Waals surface area contributed by atoms with E-state index in [1.165, 1.54) is 4.31 Å². The van der Waals surface area contributed by atoms with Crippen molar-refractivity contribution in [3.63, 3.8) is 0 Å². The lowest BCUT2D eigenvalue weighted by Crippen LogP contribution is -2.48. The average molecular weight is 276 g/mol. The van der Waals surface area contributed by atoms with Gasteiger partial charge < -0.3 is 9.64 Å². The van der Waals surface area contributed by atoms with Crippen LogP contribution in [0.15, 0.2) is 0 Å². The molecule has 6 nitrogen and oxygen atoms in total. The van der Waals surface area contributed by atoms with E-state index in [9.17, 15) is 13.2 Å². The SMILES string of the molecule is CCS(=O)(=O)N1C[C@@H]2C[C@@H](C(=O)N(C)C)[C@H](C1)O2. The van der Waals surface area contributed by atoms with Crippen molar-refractivity contribution in [2.75, 3.05) is 32.9 Å². The molecule has 0 radical (unpaired) electrons. The molecule has 0 spiro atoms. The maximum absolute atomic E-state index is 12.0. The Morgan fingerprint density at radius 1 is 1.39 bits per heavy atom. The van der Waals surface area contributed by atoms with Crippen LogP contribution in [0.25, 0.3) is 0 Å². The quantitative estimate of drug-likeness (QED) is 0.698. The maximum atomic E-state index is 12.0. The molecule has 0 unspecified atom stereocenters. The molecule has 2 fully saturated rings. The standard InChI is InChI=1S/C11H20N2O4S/c1-4-18(15,16)13-6-8-5-9(10(7-13)17-8)11(14)12(2)3/h8-10H,4-7H2,1-3H3/t8-,9+,10-/m0/s1. The normalized spacial score (nSPS) is 32.5. The molecular formula is C11H20N2O4S. The molecule has 2 aliphatic heterocycles. The molecule has 0 N–H and O–H groups in total. The van der Waals surface area contributed by atoms with Gasteiger partial charge in [-0.25, -0.2) is 8.42 Å². The summed E-state index contributed by atoms with van der Waals surface area (Å²) in [6.07, 6.45) is 0.191. The highest BCUT2D eigenvalue weighted by atomic mass is 32.2. The van der Waals surface area contributed by atoms with Crippen molar-refractivity contribution in [1.82, 2.24) is 9.21 Å². The van der Waals surface area contributed by atoms with Crippen LogP contribution in [0.5, 0.6) is 0 Å². The van der Waals surface area contributed by atoms with Gasteiger partial charge in [-0.15, -0.1) is 0 Å². The summed E-state index contributed by atoms with van der Waals surface area (Å²) in [5, 5.41) is 0. The van der Waals surface area contributed by atoms with E-state index in [2.05, 4.69) is 0 Å². The molecule has 2 bridgehead atoms. The molecule has 2 rings (SSSR count). The Labute approximate surface area is 108 Å². The number of fused-ring (bicyclic) bond motifs is 2. The molecule has 2 heterocycles. The number of hydrogen-bond acceptors (Lipinski definition) is 4. The molecular weight excluding hydrogens is 256 g/mol. The van der Waals surface area contributed by atoms with Crippen LogP contribution < -0.4 is 0 Å². The monoisotopic (exact) mass is 276 g/mol.